The van der Waals surface area contributed by atoms with Gasteiger partial charge < -0.3 is 14.9 Å². The predicted molar refractivity (Wildman–Crippen MR) is 75.7 cm³/mol. The first-order valence-electron chi connectivity index (χ1n) is 5.88. The molecule has 104 valence electrons. The second kappa shape index (κ2) is 4.88. The Hall–Kier alpha value is -2.92. The molecule has 0 atom stereocenters. The summed E-state index contributed by atoms with van der Waals surface area (Å²) in [6.45, 7) is 1.76. The minimum absolute atomic E-state index is 0.0559. The number of imidazole rings is 1. The second-order valence-corrected chi connectivity index (χ2v) is 5.12. The van der Waals surface area contributed by atoms with Gasteiger partial charge in [-0.25, -0.2) is 0 Å². The van der Waals surface area contributed by atoms with Gasteiger partial charge in [0.1, 0.15) is 11.9 Å². The van der Waals surface area contributed by atoms with Gasteiger partial charge in [-0.1, -0.05) is 11.3 Å². The van der Waals surface area contributed by atoms with E-state index < -0.39 is 4.92 Å². The highest BCUT2D eigenvalue weighted by Crippen LogP contribution is 2.34. The van der Waals surface area contributed by atoms with Crippen molar-refractivity contribution < 1.29 is 9.66 Å². The number of aryl methyl sites for hydroxylation is 1. The number of nitriles is 1. The second-order valence-electron chi connectivity index (χ2n) is 4.25. The molecule has 7 nitrogen and oxygen atoms in total. The van der Waals surface area contributed by atoms with Crippen molar-refractivity contribution in [1.82, 2.24) is 9.38 Å². The maximum atomic E-state index is 11.2. The van der Waals surface area contributed by atoms with Crippen LogP contribution in [0.3, 0.4) is 0 Å². The van der Waals surface area contributed by atoms with Gasteiger partial charge in [0.05, 0.1) is 11.6 Å². The van der Waals surface area contributed by atoms with E-state index in [9.17, 15) is 10.1 Å². The summed E-state index contributed by atoms with van der Waals surface area (Å²) in [6, 6.07) is 6.87. The molecule has 3 aromatic rings. The Morgan fingerprint density at radius 2 is 2.33 bits per heavy atom. The smallest absolute Gasteiger partial charge is 0.393 e. The average molecular weight is 300 g/mol. The standard InChI is InChI=1S/C13H8N4O3S/c1-8-6-9(7-14)2-3-10(8)20-11-12(17(18)19)16-4-5-21-13(16)15-11/h2-6H,1H3. The minimum Gasteiger partial charge on any atom is -0.432 e. The number of ether oxygens (including phenoxy) is 1. The maximum absolute atomic E-state index is 11.2. The van der Waals surface area contributed by atoms with Crippen LogP contribution in [-0.2, 0) is 0 Å². The van der Waals surface area contributed by atoms with Crippen molar-refractivity contribution in [2.45, 2.75) is 6.92 Å². The van der Waals surface area contributed by atoms with E-state index in [-0.39, 0.29) is 11.7 Å². The van der Waals surface area contributed by atoms with Crippen LogP contribution in [0.25, 0.3) is 4.96 Å². The summed E-state index contributed by atoms with van der Waals surface area (Å²) in [5, 5.41) is 21.7. The van der Waals surface area contributed by atoms with E-state index in [0.717, 1.165) is 0 Å². The zero-order valence-corrected chi connectivity index (χ0v) is 11.6. The Bertz CT molecular complexity index is 891. The van der Waals surface area contributed by atoms with E-state index in [4.69, 9.17) is 10.00 Å². The third-order valence-corrected chi connectivity index (χ3v) is 3.65. The van der Waals surface area contributed by atoms with Gasteiger partial charge in [0.25, 0.3) is 4.96 Å². The van der Waals surface area contributed by atoms with Crippen LogP contribution in [0.15, 0.2) is 29.8 Å². The van der Waals surface area contributed by atoms with E-state index in [2.05, 4.69) is 4.98 Å². The van der Waals surface area contributed by atoms with E-state index in [1.807, 2.05) is 6.07 Å². The lowest BCUT2D eigenvalue weighted by molar-refractivity contribution is -0.391. The monoisotopic (exact) mass is 300 g/mol. The van der Waals surface area contributed by atoms with Gasteiger partial charge in [-0.2, -0.15) is 14.6 Å². The maximum Gasteiger partial charge on any atom is 0.393 e. The fourth-order valence-electron chi connectivity index (χ4n) is 1.93. The Kier molecular flexibility index (Phi) is 3.04. The molecule has 0 aliphatic carbocycles. The first-order chi connectivity index (χ1) is 10.1. The predicted octanol–water partition coefficient (Wildman–Crippen LogP) is 3.28. The Balaban J connectivity index is 2.06. The van der Waals surface area contributed by atoms with Crippen molar-refractivity contribution in [1.29, 1.82) is 5.26 Å². The first kappa shape index (κ1) is 13.1. The largest absolute Gasteiger partial charge is 0.432 e. The molecule has 2 aromatic heterocycles. The molecule has 2 heterocycles. The van der Waals surface area contributed by atoms with Crippen LogP contribution in [0.4, 0.5) is 5.82 Å². The summed E-state index contributed by atoms with van der Waals surface area (Å²) in [4.78, 5) is 15.3. The normalized spacial score (nSPS) is 10.5. The number of benzene rings is 1. The number of rotatable bonds is 3. The van der Waals surface area contributed by atoms with Crippen LogP contribution < -0.4 is 4.74 Å². The molecule has 0 N–H and O–H groups in total. The van der Waals surface area contributed by atoms with Crippen LogP contribution in [0, 0.1) is 28.4 Å². The molecule has 0 amide bonds. The van der Waals surface area contributed by atoms with Crippen LogP contribution in [0.5, 0.6) is 11.6 Å². The SMILES string of the molecule is Cc1cc(C#N)ccc1Oc1nc2sccn2c1[N+](=O)[O-]. The summed E-state index contributed by atoms with van der Waals surface area (Å²) in [5.41, 5.74) is 1.21. The van der Waals surface area contributed by atoms with Gasteiger partial charge in [0.2, 0.25) is 0 Å². The summed E-state index contributed by atoms with van der Waals surface area (Å²) in [6.07, 6.45) is 1.57. The van der Waals surface area contributed by atoms with Gasteiger partial charge in [-0.3, -0.25) is 0 Å². The molecule has 0 radical (unpaired) electrons. The lowest BCUT2D eigenvalue weighted by atomic mass is 10.1. The van der Waals surface area contributed by atoms with E-state index in [1.165, 1.54) is 15.7 Å². The van der Waals surface area contributed by atoms with Crippen molar-refractivity contribution in [2.24, 2.45) is 0 Å². The van der Waals surface area contributed by atoms with E-state index in [1.54, 1.807) is 36.7 Å². The molecule has 0 bridgehead atoms. The first-order valence-corrected chi connectivity index (χ1v) is 6.76. The lowest BCUT2D eigenvalue weighted by Crippen LogP contribution is -1.96. The van der Waals surface area contributed by atoms with Gasteiger partial charge in [0, 0.05) is 5.38 Å². The topological polar surface area (TPSA) is 93.5 Å². The third kappa shape index (κ3) is 2.19. The van der Waals surface area contributed by atoms with Gasteiger partial charge in [-0.05, 0) is 35.6 Å². The molecule has 8 heteroatoms. The highest BCUT2D eigenvalue weighted by Gasteiger charge is 2.26. The number of nitro groups is 1. The Labute approximate surface area is 122 Å². The van der Waals surface area contributed by atoms with Crippen LogP contribution in [-0.4, -0.2) is 14.3 Å². The van der Waals surface area contributed by atoms with E-state index >= 15 is 0 Å². The number of hydrogen-bond acceptors (Lipinski definition) is 6. The number of fused-ring (bicyclic) bond motifs is 1. The molecule has 0 saturated carbocycles. The molecule has 0 fully saturated rings. The molecule has 0 saturated heterocycles. The summed E-state index contributed by atoms with van der Waals surface area (Å²) in [7, 11) is 0. The summed E-state index contributed by atoms with van der Waals surface area (Å²) < 4.78 is 6.94. The summed E-state index contributed by atoms with van der Waals surface area (Å²) >= 11 is 1.28. The van der Waals surface area contributed by atoms with Crippen LogP contribution in [0.1, 0.15) is 11.1 Å². The fraction of sp³-hybridized carbons (Fsp3) is 0.0769. The number of nitrogens with zero attached hydrogens (tertiary/aromatic N) is 4. The van der Waals surface area contributed by atoms with Crippen molar-refractivity contribution in [3.8, 4) is 17.7 Å². The Morgan fingerprint density at radius 3 is 3.00 bits per heavy atom. The number of thiazole rings is 1. The lowest BCUT2D eigenvalue weighted by Gasteiger charge is -2.06. The van der Waals surface area contributed by atoms with Crippen LogP contribution >= 0.6 is 11.3 Å². The molecule has 3 rings (SSSR count). The molecule has 0 aliphatic heterocycles. The fourth-order valence-corrected chi connectivity index (χ4v) is 2.63. The molecule has 0 spiro atoms. The third-order valence-electron chi connectivity index (χ3n) is 2.89. The van der Waals surface area contributed by atoms with Crippen molar-refractivity contribution >= 4 is 22.1 Å². The van der Waals surface area contributed by atoms with Crippen LogP contribution in [0.2, 0.25) is 0 Å². The van der Waals surface area contributed by atoms with Gasteiger partial charge in [-0.15, -0.1) is 0 Å². The zero-order valence-electron chi connectivity index (χ0n) is 10.8. The van der Waals surface area contributed by atoms with Crippen molar-refractivity contribution in [3.05, 3.63) is 51.0 Å². The molecule has 0 unspecified atom stereocenters. The molecular formula is C13H8N4O3S. The highest BCUT2D eigenvalue weighted by atomic mass is 32.1. The molecule has 1 aromatic carbocycles. The van der Waals surface area contributed by atoms with Crippen molar-refractivity contribution in [2.75, 3.05) is 0 Å². The van der Waals surface area contributed by atoms with E-state index in [0.29, 0.717) is 21.8 Å². The van der Waals surface area contributed by atoms with Crippen molar-refractivity contribution in [3.63, 3.8) is 0 Å². The number of aromatic nitrogens is 2. The molecule has 21 heavy (non-hydrogen) atoms. The average Bonchev–Trinajstić information content (AvgIpc) is 3.00. The van der Waals surface area contributed by atoms with Gasteiger partial charge in [0.15, 0.2) is 0 Å². The molecular weight excluding hydrogens is 292 g/mol. The summed E-state index contributed by atoms with van der Waals surface area (Å²) in [5.74, 6) is 0.164. The zero-order chi connectivity index (χ0) is 15.0. The quantitative estimate of drug-likeness (QED) is 0.546. The highest BCUT2D eigenvalue weighted by molar-refractivity contribution is 7.15. The molecule has 0 aliphatic rings. The minimum atomic E-state index is -0.527. The number of hydrogen-bond donors (Lipinski definition) is 0. The Morgan fingerprint density at radius 1 is 1.52 bits per heavy atom. The van der Waals surface area contributed by atoms with Gasteiger partial charge >= 0.3 is 11.7 Å².